The molecule has 0 fully saturated rings. The third kappa shape index (κ3) is 2.59. The summed E-state index contributed by atoms with van der Waals surface area (Å²) >= 11 is 0. The molecule has 0 saturated carbocycles. The Morgan fingerprint density at radius 3 is 2.44 bits per heavy atom. The van der Waals surface area contributed by atoms with Gasteiger partial charge in [-0.2, -0.15) is 0 Å². The van der Waals surface area contributed by atoms with E-state index in [1.165, 1.54) is 0 Å². The fourth-order valence-corrected chi connectivity index (χ4v) is 2.07. The molecule has 0 bridgehead atoms. The average molecular weight is 244 g/mol. The molecular formula is C14H20N4. The van der Waals surface area contributed by atoms with Gasteiger partial charge in [-0.25, -0.2) is 9.97 Å². The van der Waals surface area contributed by atoms with E-state index < -0.39 is 0 Å². The molecule has 2 aromatic rings. The van der Waals surface area contributed by atoms with Gasteiger partial charge in [0.2, 0.25) is 0 Å². The van der Waals surface area contributed by atoms with Crippen molar-refractivity contribution in [1.82, 2.24) is 9.97 Å². The number of fused-ring (bicyclic) bond motifs is 1. The summed E-state index contributed by atoms with van der Waals surface area (Å²) in [7, 11) is 2.04. The van der Waals surface area contributed by atoms with Crippen LogP contribution in [0.2, 0.25) is 0 Å². The van der Waals surface area contributed by atoms with Gasteiger partial charge in [-0.1, -0.05) is 19.1 Å². The fraction of sp³-hybridized carbons (Fsp3) is 0.429. The Morgan fingerprint density at radius 2 is 1.83 bits per heavy atom. The lowest BCUT2D eigenvalue weighted by atomic mass is 10.2. The number of para-hydroxylation sites is 2. The van der Waals surface area contributed by atoms with Crippen LogP contribution in [-0.4, -0.2) is 30.1 Å². The van der Waals surface area contributed by atoms with Crippen LogP contribution >= 0.6 is 0 Å². The van der Waals surface area contributed by atoms with Crippen molar-refractivity contribution in [2.24, 2.45) is 11.7 Å². The molecule has 4 nitrogen and oxygen atoms in total. The third-order valence-corrected chi connectivity index (χ3v) is 3.07. The fourth-order valence-electron chi connectivity index (χ4n) is 2.07. The number of hydrogen-bond acceptors (Lipinski definition) is 4. The molecule has 0 amide bonds. The molecule has 1 atom stereocenters. The largest absolute Gasteiger partial charge is 0.358 e. The zero-order valence-corrected chi connectivity index (χ0v) is 11.2. The number of hydrogen-bond donors (Lipinski definition) is 1. The van der Waals surface area contributed by atoms with Crippen LogP contribution in [0.5, 0.6) is 0 Å². The lowest BCUT2D eigenvalue weighted by molar-refractivity contribution is 0.587. The van der Waals surface area contributed by atoms with Gasteiger partial charge >= 0.3 is 0 Å². The van der Waals surface area contributed by atoms with Gasteiger partial charge in [-0.15, -0.1) is 0 Å². The van der Waals surface area contributed by atoms with Crippen molar-refractivity contribution in [2.75, 3.05) is 25.0 Å². The zero-order valence-electron chi connectivity index (χ0n) is 11.2. The lowest BCUT2D eigenvalue weighted by Crippen LogP contribution is -2.29. The Labute approximate surface area is 108 Å². The van der Waals surface area contributed by atoms with Crippen LogP contribution in [0.15, 0.2) is 24.3 Å². The maximum atomic E-state index is 5.66. The maximum Gasteiger partial charge on any atom is 0.150 e. The van der Waals surface area contributed by atoms with Gasteiger partial charge in [0.25, 0.3) is 0 Å². The number of rotatable bonds is 4. The molecule has 0 aliphatic heterocycles. The first-order valence-electron chi connectivity index (χ1n) is 6.26. The van der Waals surface area contributed by atoms with Gasteiger partial charge in [-0.3, -0.25) is 0 Å². The van der Waals surface area contributed by atoms with E-state index in [2.05, 4.69) is 21.8 Å². The molecule has 1 heterocycles. The minimum atomic E-state index is 0.447. The molecule has 0 aliphatic carbocycles. The van der Waals surface area contributed by atoms with Crippen molar-refractivity contribution in [3.05, 3.63) is 30.0 Å². The van der Waals surface area contributed by atoms with Crippen molar-refractivity contribution in [2.45, 2.75) is 13.8 Å². The Balaban J connectivity index is 2.35. The highest BCUT2D eigenvalue weighted by molar-refractivity contribution is 5.76. The topological polar surface area (TPSA) is 55.0 Å². The molecule has 0 radical (unpaired) electrons. The SMILES string of the molecule is Cc1nc2ccccc2nc1N(C)CC(C)CN. The molecule has 18 heavy (non-hydrogen) atoms. The minimum absolute atomic E-state index is 0.447. The predicted octanol–water partition coefficient (Wildman–Crippen LogP) is 1.97. The number of anilines is 1. The summed E-state index contributed by atoms with van der Waals surface area (Å²) in [5.41, 5.74) is 8.50. The molecule has 96 valence electrons. The second kappa shape index (κ2) is 5.31. The highest BCUT2D eigenvalue weighted by Crippen LogP contribution is 2.19. The van der Waals surface area contributed by atoms with E-state index in [0.29, 0.717) is 12.5 Å². The van der Waals surface area contributed by atoms with Crippen molar-refractivity contribution in [3.63, 3.8) is 0 Å². The molecule has 1 aromatic carbocycles. The summed E-state index contributed by atoms with van der Waals surface area (Å²) in [6.07, 6.45) is 0. The van der Waals surface area contributed by atoms with Crippen molar-refractivity contribution >= 4 is 16.9 Å². The van der Waals surface area contributed by atoms with E-state index in [1.54, 1.807) is 0 Å². The first-order valence-corrected chi connectivity index (χ1v) is 6.26. The monoisotopic (exact) mass is 244 g/mol. The second-order valence-corrected chi connectivity index (χ2v) is 4.84. The Hall–Kier alpha value is -1.68. The molecule has 0 aliphatic rings. The second-order valence-electron chi connectivity index (χ2n) is 4.84. The molecule has 0 spiro atoms. The highest BCUT2D eigenvalue weighted by atomic mass is 15.2. The summed E-state index contributed by atoms with van der Waals surface area (Å²) in [6, 6.07) is 7.95. The van der Waals surface area contributed by atoms with E-state index in [1.807, 2.05) is 38.2 Å². The normalized spacial score (nSPS) is 12.7. The molecule has 1 unspecified atom stereocenters. The van der Waals surface area contributed by atoms with Gasteiger partial charge in [0, 0.05) is 13.6 Å². The molecule has 2 rings (SSSR count). The Morgan fingerprint density at radius 1 is 1.22 bits per heavy atom. The maximum absolute atomic E-state index is 5.66. The van der Waals surface area contributed by atoms with Crippen LogP contribution in [0.4, 0.5) is 5.82 Å². The lowest BCUT2D eigenvalue weighted by Gasteiger charge is -2.23. The average Bonchev–Trinajstić information content (AvgIpc) is 2.37. The Bertz CT molecular complexity index is 538. The number of aromatic nitrogens is 2. The van der Waals surface area contributed by atoms with Gasteiger partial charge in [0.1, 0.15) is 0 Å². The van der Waals surface area contributed by atoms with Crippen LogP contribution in [-0.2, 0) is 0 Å². The van der Waals surface area contributed by atoms with Crippen LogP contribution in [0.1, 0.15) is 12.6 Å². The van der Waals surface area contributed by atoms with Crippen molar-refractivity contribution in [3.8, 4) is 0 Å². The van der Waals surface area contributed by atoms with E-state index in [0.717, 1.165) is 29.1 Å². The number of benzene rings is 1. The number of nitrogens with two attached hydrogens (primary N) is 1. The quantitative estimate of drug-likeness (QED) is 0.893. The molecular weight excluding hydrogens is 224 g/mol. The first-order chi connectivity index (χ1) is 8.61. The number of aryl methyl sites for hydroxylation is 1. The molecule has 0 saturated heterocycles. The van der Waals surface area contributed by atoms with E-state index in [4.69, 9.17) is 5.73 Å². The highest BCUT2D eigenvalue weighted by Gasteiger charge is 2.11. The first kappa shape index (κ1) is 12.8. The smallest absolute Gasteiger partial charge is 0.150 e. The summed E-state index contributed by atoms with van der Waals surface area (Å²) in [6.45, 7) is 5.72. The zero-order chi connectivity index (χ0) is 13.1. The van der Waals surface area contributed by atoms with Crippen molar-refractivity contribution in [1.29, 1.82) is 0 Å². The molecule has 4 heteroatoms. The van der Waals surface area contributed by atoms with Crippen LogP contribution in [0.25, 0.3) is 11.0 Å². The predicted molar refractivity (Wildman–Crippen MR) is 75.8 cm³/mol. The van der Waals surface area contributed by atoms with Gasteiger partial charge in [0.05, 0.1) is 16.7 Å². The summed E-state index contributed by atoms with van der Waals surface area (Å²) in [5.74, 6) is 1.39. The van der Waals surface area contributed by atoms with Gasteiger partial charge in [-0.05, 0) is 31.5 Å². The van der Waals surface area contributed by atoms with Crippen LogP contribution in [0, 0.1) is 12.8 Å². The van der Waals surface area contributed by atoms with Gasteiger partial charge in [0.15, 0.2) is 5.82 Å². The molecule has 1 aromatic heterocycles. The summed E-state index contributed by atoms with van der Waals surface area (Å²) in [5, 5.41) is 0. The van der Waals surface area contributed by atoms with Gasteiger partial charge < -0.3 is 10.6 Å². The standard InChI is InChI=1S/C14H20N4/c1-10(8-15)9-18(3)14-11(2)16-12-6-4-5-7-13(12)17-14/h4-7,10H,8-9,15H2,1-3H3. The van der Waals surface area contributed by atoms with Crippen LogP contribution < -0.4 is 10.6 Å². The summed E-state index contributed by atoms with van der Waals surface area (Å²) in [4.78, 5) is 11.4. The summed E-state index contributed by atoms with van der Waals surface area (Å²) < 4.78 is 0. The third-order valence-electron chi connectivity index (χ3n) is 3.07. The van der Waals surface area contributed by atoms with Crippen molar-refractivity contribution < 1.29 is 0 Å². The van der Waals surface area contributed by atoms with E-state index in [-0.39, 0.29) is 0 Å². The van der Waals surface area contributed by atoms with Crippen LogP contribution in [0.3, 0.4) is 0 Å². The van der Waals surface area contributed by atoms with E-state index >= 15 is 0 Å². The van der Waals surface area contributed by atoms with E-state index in [9.17, 15) is 0 Å². The Kier molecular flexibility index (Phi) is 3.77. The molecule has 2 N–H and O–H groups in total. The number of nitrogens with zero attached hydrogens (tertiary/aromatic N) is 3. The minimum Gasteiger partial charge on any atom is -0.358 e.